The minimum atomic E-state index is -0.459. The van der Waals surface area contributed by atoms with E-state index in [0.717, 1.165) is 28.2 Å². The number of halogens is 1. The molecule has 0 radical (unpaired) electrons. The number of benzene rings is 2. The highest BCUT2D eigenvalue weighted by Gasteiger charge is 2.12. The molecule has 0 aliphatic carbocycles. The Morgan fingerprint density at radius 3 is 2.62 bits per heavy atom. The Morgan fingerprint density at radius 2 is 1.90 bits per heavy atom. The second-order valence-electron chi connectivity index (χ2n) is 6.24. The minimum absolute atomic E-state index is 0.179. The van der Waals surface area contributed by atoms with Gasteiger partial charge in [0.2, 0.25) is 4.96 Å². The van der Waals surface area contributed by atoms with Crippen LogP contribution in [0.25, 0.3) is 11.0 Å². The monoisotopic (exact) mass is 425 g/mol. The quantitative estimate of drug-likeness (QED) is 0.491. The summed E-state index contributed by atoms with van der Waals surface area (Å²) in [5.74, 6) is 0.765. The predicted octanol–water partition coefficient (Wildman–Crippen LogP) is 2.70. The Labute approximate surface area is 174 Å². The van der Waals surface area contributed by atoms with Gasteiger partial charge in [-0.1, -0.05) is 53.3 Å². The van der Waals surface area contributed by atoms with Gasteiger partial charge in [-0.2, -0.15) is 14.6 Å². The maximum absolute atomic E-state index is 12.8. The topological polar surface area (TPSA) is 73.6 Å². The minimum Gasteiger partial charge on any atom is -0.494 e. The average Bonchev–Trinajstić information content (AvgIpc) is 3.00. The van der Waals surface area contributed by atoms with E-state index >= 15 is 0 Å². The van der Waals surface area contributed by atoms with Crippen molar-refractivity contribution in [3.05, 3.63) is 95.6 Å². The summed E-state index contributed by atoms with van der Waals surface area (Å²) in [6.45, 7) is 2.51. The molecule has 6 nitrogen and oxygen atoms in total. The largest absolute Gasteiger partial charge is 0.494 e. The number of fused-ring (bicyclic) bond motifs is 1. The van der Waals surface area contributed by atoms with Crippen molar-refractivity contribution in [2.75, 3.05) is 6.61 Å². The molecule has 8 heteroatoms. The first kappa shape index (κ1) is 19.3. The Balaban J connectivity index is 1.75. The summed E-state index contributed by atoms with van der Waals surface area (Å²) >= 11 is 7.30. The van der Waals surface area contributed by atoms with E-state index in [1.807, 2.05) is 49.4 Å². The zero-order valence-electron chi connectivity index (χ0n) is 15.5. The van der Waals surface area contributed by atoms with Gasteiger partial charge in [0.15, 0.2) is 0 Å². The van der Waals surface area contributed by atoms with Crippen molar-refractivity contribution in [3.8, 4) is 5.75 Å². The molecule has 29 heavy (non-hydrogen) atoms. The van der Waals surface area contributed by atoms with E-state index in [0.29, 0.717) is 16.2 Å². The van der Waals surface area contributed by atoms with E-state index in [9.17, 15) is 9.59 Å². The van der Waals surface area contributed by atoms with Gasteiger partial charge in [-0.25, -0.2) is 0 Å². The first-order valence-corrected chi connectivity index (χ1v) is 10.2. The summed E-state index contributed by atoms with van der Waals surface area (Å²) in [5, 5.41) is 4.79. The van der Waals surface area contributed by atoms with Crippen LogP contribution in [-0.4, -0.2) is 21.2 Å². The smallest absolute Gasteiger partial charge is 0.296 e. The van der Waals surface area contributed by atoms with E-state index < -0.39 is 5.56 Å². The molecule has 4 aromatic rings. The third-order valence-corrected chi connectivity index (χ3v) is 5.58. The van der Waals surface area contributed by atoms with Gasteiger partial charge in [0.25, 0.3) is 11.1 Å². The van der Waals surface area contributed by atoms with Crippen LogP contribution in [0.4, 0.5) is 0 Å². The van der Waals surface area contributed by atoms with Gasteiger partial charge in [0, 0.05) is 11.4 Å². The lowest BCUT2D eigenvalue weighted by Crippen LogP contribution is -2.28. The third kappa shape index (κ3) is 4.06. The molecule has 2 aromatic heterocycles. The lowest BCUT2D eigenvalue weighted by Gasteiger charge is -2.02. The maximum Gasteiger partial charge on any atom is 0.296 e. The molecule has 2 heterocycles. The lowest BCUT2D eigenvalue weighted by molar-refractivity contribution is 0.340. The van der Waals surface area contributed by atoms with E-state index in [1.54, 1.807) is 12.1 Å². The number of hydrogen-bond acceptors (Lipinski definition) is 6. The molecule has 0 saturated heterocycles. The van der Waals surface area contributed by atoms with Crippen molar-refractivity contribution in [3.63, 3.8) is 0 Å². The fourth-order valence-electron chi connectivity index (χ4n) is 2.85. The van der Waals surface area contributed by atoms with E-state index in [1.165, 1.54) is 4.52 Å². The van der Waals surface area contributed by atoms with E-state index in [4.69, 9.17) is 16.3 Å². The highest BCUT2D eigenvalue weighted by atomic mass is 35.5. The van der Waals surface area contributed by atoms with Crippen molar-refractivity contribution >= 4 is 34.0 Å². The molecule has 0 unspecified atom stereocenters. The van der Waals surface area contributed by atoms with Crippen molar-refractivity contribution in [1.29, 1.82) is 0 Å². The Hall–Kier alpha value is -3.03. The van der Waals surface area contributed by atoms with Gasteiger partial charge in [0.05, 0.1) is 11.1 Å². The van der Waals surface area contributed by atoms with Gasteiger partial charge in [-0.15, -0.1) is 0 Å². The summed E-state index contributed by atoms with van der Waals surface area (Å²) in [6.07, 6.45) is 1.96. The Morgan fingerprint density at radius 1 is 1.14 bits per heavy atom. The van der Waals surface area contributed by atoms with Crippen LogP contribution in [0.3, 0.4) is 0 Å². The summed E-state index contributed by atoms with van der Waals surface area (Å²) in [6, 6.07) is 14.6. The second-order valence-corrected chi connectivity index (χ2v) is 7.66. The van der Waals surface area contributed by atoms with E-state index in [-0.39, 0.29) is 22.6 Å². The molecule has 0 atom stereocenters. The first-order valence-electron chi connectivity index (χ1n) is 8.96. The van der Waals surface area contributed by atoms with Crippen LogP contribution in [0, 0.1) is 0 Å². The predicted molar refractivity (Wildman–Crippen MR) is 114 cm³/mol. The molecule has 0 aliphatic rings. The molecule has 0 amide bonds. The first-order chi connectivity index (χ1) is 14.0. The van der Waals surface area contributed by atoms with Gasteiger partial charge >= 0.3 is 0 Å². The second kappa shape index (κ2) is 8.14. The van der Waals surface area contributed by atoms with E-state index in [2.05, 4.69) is 10.1 Å². The number of thiazole rings is 1. The van der Waals surface area contributed by atoms with Crippen LogP contribution in [0.5, 0.6) is 5.75 Å². The zero-order valence-corrected chi connectivity index (χ0v) is 17.0. The fraction of sp³-hybridized carbons (Fsp3) is 0.143. The molecule has 0 spiro atoms. The van der Waals surface area contributed by atoms with Crippen molar-refractivity contribution in [2.24, 2.45) is 0 Å². The maximum atomic E-state index is 12.8. The van der Waals surface area contributed by atoms with Crippen LogP contribution in [0.1, 0.15) is 23.7 Å². The van der Waals surface area contributed by atoms with Gasteiger partial charge in [-0.05, 0) is 42.3 Å². The molecule has 0 fully saturated rings. The van der Waals surface area contributed by atoms with Crippen LogP contribution < -0.4 is 20.4 Å². The summed E-state index contributed by atoms with van der Waals surface area (Å²) in [5.41, 5.74) is 1.00. The molecule has 0 aliphatic heterocycles. The van der Waals surface area contributed by atoms with Crippen molar-refractivity contribution < 1.29 is 4.74 Å². The molecule has 0 saturated carbocycles. The standard InChI is InChI=1S/C21H16ClN3O3S/c1-2-28-15-9-7-13(8-10-15)11-18-20(27)25-21(29-18)23-19(26)17(24-25)12-14-5-3-4-6-16(14)22/h3-11H,2,12H2,1H3. The summed E-state index contributed by atoms with van der Waals surface area (Å²) in [4.78, 5) is 29.5. The van der Waals surface area contributed by atoms with Crippen LogP contribution >= 0.6 is 22.9 Å². The number of ether oxygens (including phenoxy) is 1. The molecule has 0 bridgehead atoms. The van der Waals surface area contributed by atoms with Gasteiger partial charge in [0.1, 0.15) is 11.4 Å². The lowest BCUT2D eigenvalue weighted by atomic mass is 10.1. The zero-order chi connectivity index (χ0) is 20.4. The average molecular weight is 426 g/mol. The normalized spacial score (nSPS) is 11.9. The van der Waals surface area contributed by atoms with Crippen molar-refractivity contribution in [1.82, 2.24) is 14.6 Å². The fourth-order valence-corrected chi connectivity index (χ4v) is 3.96. The molecule has 0 N–H and O–H groups in total. The molecule has 2 aromatic carbocycles. The summed E-state index contributed by atoms with van der Waals surface area (Å²) < 4.78 is 7.05. The van der Waals surface area contributed by atoms with Crippen LogP contribution in [-0.2, 0) is 6.42 Å². The number of nitrogens with zero attached hydrogens (tertiary/aromatic N) is 3. The highest BCUT2D eigenvalue weighted by molar-refractivity contribution is 7.15. The van der Waals surface area contributed by atoms with Gasteiger partial charge < -0.3 is 4.74 Å². The molecular weight excluding hydrogens is 410 g/mol. The molecular formula is C21H16ClN3O3S. The number of aromatic nitrogens is 3. The van der Waals surface area contributed by atoms with Crippen molar-refractivity contribution in [2.45, 2.75) is 13.3 Å². The third-order valence-electron chi connectivity index (χ3n) is 4.25. The summed E-state index contributed by atoms with van der Waals surface area (Å²) in [7, 11) is 0. The Bertz CT molecular complexity index is 1350. The molecule has 146 valence electrons. The highest BCUT2D eigenvalue weighted by Crippen LogP contribution is 2.17. The van der Waals surface area contributed by atoms with Crippen LogP contribution in [0.15, 0.2) is 58.1 Å². The number of hydrogen-bond donors (Lipinski definition) is 0. The van der Waals surface area contributed by atoms with Gasteiger partial charge in [-0.3, -0.25) is 9.59 Å². The molecule has 4 rings (SSSR count). The van der Waals surface area contributed by atoms with Crippen LogP contribution in [0.2, 0.25) is 5.02 Å². The Kier molecular flexibility index (Phi) is 5.42. The SMILES string of the molecule is CCOc1ccc(C=c2sc3nc(=O)c(Cc4ccccc4Cl)nn3c2=O)cc1. The number of rotatable bonds is 5.